The molecular weight excluding hydrogens is 248 g/mol. The van der Waals surface area contributed by atoms with Gasteiger partial charge in [-0.2, -0.15) is 0 Å². The molecule has 0 aliphatic rings. The number of hydrogen-bond donors (Lipinski definition) is 0. The van der Waals surface area contributed by atoms with E-state index in [-0.39, 0.29) is 5.97 Å². The minimum absolute atomic E-state index is 0.337. The molecule has 0 spiro atoms. The first-order chi connectivity index (χ1) is 6.69. The first-order valence-electron chi connectivity index (χ1n) is 4.42. The van der Waals surface area contributed by atoms with Gasteiger partial charge in [0.15, 0.2) is 0 Å². The lowest BCUT2D eigenvalue weighted by atomic mass is 10.2. The Bertz CT molecular complexity index is 317. The van der Waals surface area contributed by atoms with Crippen LogP contribution in [0.5, 0.6) is 0 Å². The molecule has 1 rings (SSSR count). The normalized spacial score (nSPS) is 10.2. The molecule has 1 aromatic rings. The van der Waals surface area contributed by atoms with Gasteiger partial charge in [-0.3, -0.25) is 0 Å². The highest BCUT2D eigenvalue weighted by Gasteiger charge is 2.14. The average Bonchev–Trinajstić information content (AvgIpc) is 2.55. The summed E-state index contributed by atoms with van der Waals surface area (Å²) in [5, 5.41) is 0.931. The van der Waals surface area contributed by atoms with Gasteiger partial charge in [0.25, 0.3) is 0 Å². The van der Waals surface area contributed by atoms with E-state index in [1.54, 1.807) is 13.0 Å². The highest BCUT2D eigenvalue weighted by Crippen LogP contribution is 2.17. The molecule has 78 valence electrons. The van der Waals surface area contributed by atoms with Gasteiger partial charge in [0, 0.05) is 11.8 Å². The zero-order valence-electron chi connectivity index (χ0n) is 8.30. The summed E-state index contributed by atoms with van der Waals surface area (Å²) < 4.78 is 10.0. The van der Waals surface area contributed by atoms with Crippen molar-refractivity contribution in [1.29, 1.82) is 0 Å². The third-order valence-electron chi connectivity index (χ3n) is 1.93. The van der Waals surface area contributed by atoms with Crippen LogP contribution in [0, 0.1) is 6.92 Å². The predicted molar refractivity (Wildman–Crippen MR) is 56.9 cm³/mol. The van der Waals surface area contributed by atoms with E-state index in [4.69, 9.17) is 4.42 Å². The van der Waals surface area contributed by atoms with Crippen LogP contribution < -0.4 is 0 Å². The van der Waals surface area contributed by atoms with Crippen LogP contribution in [-0.2, 0) is 11.2 Å². The zero-order valence-corrected chi connectivity index (χ0v) is 9.89. The third kappa shape index (κ3) is 2.61. The summed E-state index contributed by atoms with van der Waals surface area (Å²) in [6.45, 7) is 1.77. The number of carbonyl (C=O) groups excluding carboxylic acids is 1. The fourth-order valence-electron chi connectivity index (χ4n) is 1.22. The van der Waals surface area contributed by atoms with E-state index in [9.17, 15) is 4.79 Å². The number of hydrogen-bond acceptors (Lipinski definition) is 3. The fourth-order valence-corrected chi connectivity index (χ4v) is 1.50. The minimum Gasteiger partial charge on any atom is -0.465 e. The smallest absolute Gasteiger partial charge is 0.341 e. The summed E-state index contributed by atoms with van der Waals surface area (Å²) >= 11 is 3.34. The summed E-state index contributed by atoms with van der Waals surface area (Å²) in [4.78, 5) is 11.2. The molecule has 4 heteroatoms. The first-order valence-corrected chi connectivity index (χ1v) is 5.54. The molecule has 14 heavy (non-hydrogen) atoms. The molecule has 0 unspecified atom stereocenters. The lowest BCUT2D eigenvalue weighted by Crippen LogP contribution is -2.00. The van der Waals surface area contributed by atoms with E-state index in [2.05, 4.69) is 20.7 Å². The van der Waals surface area contributed by atoms with Crippen LogP contribution in [0.25, 0.3) is 0 Å². The second-order valence-electron chi connectivity index (χ2n) is 2.97. The summed E-state index contributed by atoms with van der Waals surface area (Å²) in [6, 6.07) is 1.75. The molecule has 0 saturated heterocycles. The van der Waals surface area contributed by atoms with Crippen molar-refractivity contribution in [3.05, 3.63) is 23.2 Å². The Balaban J connectivity index is 2.77. The van der Waals surface area contributed by atoms with Gasteiger partial charge >= 0.3 is 5.97 Å². The first kappa shape index (κ1) is 11.3. The number of carbonyl (C=O) groups is 1. The highest BCUT2D eigenvalue weighted by molar-refractivity contribution is 9.09. The minimum atomic E-state index is -0.337. The average molecular weight is 261 g/mol. The number of alkyl halides is 1. The van der Waals surface area contributed by atoms with Crippen molar-refractivity contribution in [3.63, 3.8) is 0 Å². The van der Waals surface area contributed by atoms with Crippen LogP contribution in [0.1, 0.15) is 28.3 Å². The SMILES string of the molecule is COC(=O)c1cc(CCCBr)oc1C. The maximum atomic E-state index is 11.2. The Hall–Kier alpha value is -0.770. The molecule has 0 aromatic carbocycles. The van der Waals surface area contributed by atoms with Crippen LogP contribution in [0.4, 0.5) is 0 Å². The zero-order chi connectivity index (χ0) is 10.6. The lowest BCUT2D eigenvalue weighted by Gasteiger charge is -1.93. The predicted octanol–water partition coefficient (Wildman–Crippen LogP) is 2.70. The topological polar surface area (TPSA) is 39.4 Å². The molecule has 0 fully saturated rings. The van der Waals surface area contributed by atoms with E-state index in [1.165, 1.54) is 7.11 Å². The van der Waals surface area contributed by atoms with Crippen molar-refractivity contribution in [3.8, 4) is 0 Å². The van der Waals surface area contributed by atoms with Crippen molar-refractivity contribution in [2.75, 3.05) is 12.4 Å². The maximum absolute atomic E-state index is 11.2. The van der Waals surface area contributed by atoms with Gasteiger partial charge in [-0.25, -0.2) is 4.79 Å². The van der Waals surface area contributed by atoms with Crippen LogP contribution in [0.2, 0.25) is 0 Å². The third-order valence-corrected chi connectivity index (χ3v) is 2.49. The lowest BCUT2D eigenvalue weighted by molar-refractivity contribution is 0.0599. The second-order valence-corrected chi connectivity index (χ2v) is 3.76. The van der Waals surface area contributed by atoms with E-state index >= 15 is 0 Å². The van der Waals surface area contributed by atoms with Gasteiger partial charge in [0.1, 0.15) is 17.1 Å². The van der Waals surface area contributed by atoms with Gasteiger partial charge in [-0.05, 0) is 19.4 Å². The largest absolute Gasteiger partial charge is 0.465 e. The van der Waals surface area contributed by atoms with Gasteiger partial charge in [-0.1, -0.05) is 15.9 Å². The van der Waals surface area contributed by atoms with E-state index in [0.29, 0.717) is 11.3 Å². The van der Waals surface area contributed by atoms with Crippen molar-refractivity contribution in [1.82, 2.24) is 0 Å². The van der Waals surface area contributed by atoms with Crippen molar-refractivity contribution in [2.24, 2.45) is 0 Å². The van der Waals surface area contributed by atoms with Crippen LogP contribution in [0.3, 0.4) is 0 Å². The number of halogens is 1. The second kappa shape index (κ2) is 5.20. The summed E-state index contributed by atoms with van der Waals surface area (Å²) in [7, 11) is 1.37. The highest BCUT2D eigenvalue weighted by atomic mass is 79.9. The van der Waals surface area contributed by atoms with Crippen molar-refractivity contribution >= 4 is 21.9 Å². The molecule has 0 N–H and O–H groups in total. The fraction of sp³-hybridized carbons (Fsp3) is 0.500. The number of furan rings is 1. The molecule has 0 aliphatic carbocycles. The number of esters is 1. The van der Waals surface area contributed by atoms with Gasteiger partial charge in [0.05, 0.1) is 7.11 Å². The molecule has 1 heterocycles. The molecule has 0 atom stereocenters. The van der Waals surface area contributed by atoms with Gasteiger partial charge in [0.2, 0.25) is 0 Å². The molecule has 0 bridgehead atoms. The van der Waals surface area contributed by atoms with Crippen LogP contribution in [-0.4, -0.2) is 18.4 Å². The number of methoxy groups -OCH3 is 1. The molecule has 0 radical (unpaired) electrons. The molecule has 1 aromatic heterocycles. The monoisotopic (exact) mass is 260 g/mol. The van der Waals surface area contributed by atoms with E-state index < -0.39 is 0 Å². The molecule has 3 nitrogen and oxygen atoms in total. The molecule has 0 amide bonds. The molecule has 0 aliphatic heterocycles. The Kier molecular flexibility index (Phi) is 4.20. The number of rotatable bonds is 4. The summed E-state index contributed by atoms with van der Waals surface area (Å²) in [5.74, 6) is 1.13. The standard InChI is InChI=1S/C10H13BrO3/c1-7-9(10(12)13-2)6-8(14-7)4-3-5-11/h6H,3-5H2,1-2H3. The van der Waals surface area contributed by atoms with Crippen LogP contribution in [0.15, 0.2) is 10.5 Å². The molecular formula is C10H13BrO3. The van der Waals surface area contributed by atoms with Crippen molar-refractivity contribution < 1.29 is 13.9 Å². The Morgan fingerprint density at radius 2 is 2.36 bits per heavy atom. The quantitative estimate of drug-likeness (QED) is 0.618. The van der Waals surface area contributed by atoms with Crippen LogP contribution >= 0.6 is 15.9 Å². The van der Waals surface area contributed by atoms with Gasteiger partial charge in [-0.15, -0.1) is 0 Å². The van der Waals surface area contributed by atoms with Gasteiger partial charge < -0.3 is 9.15 Å². The van der Waals surface area contributed by atoms with E-state index in [1.807, 2.05) is 0 Å². The Morgan fingerprint density at radius 3 is 2.93 bits per heavy atom. The molecule has 0 saturated carbocycles. The Morgan fingerprint density at radius 1 is 1.64 bits per heavy atom. The summed E-state index contributed by atoms with van der Waals surface area (Å²) in [5.41, 5.74) is 0.525. The Labute approximate surface area is 91.6 Å². The summed E-state index contributed by atoms with van der Waals surface area (Å²) in [6.07, 6.45) is 1.83. The number of aryl methyl sites for hydroxylation is 2. The van der Waals surface area contributed by atoms with Crippen molar-refractivity contribution in [2.45, 2.75) is 19.8 Å². The van der Waals surface area contributed by atoms with E-state index in [0.717, 1.165) is 23.9 Å². The maximum Gasteiger partial charge on any atom is 0.341 e. The number of ether oxygens (including phenoxy) is 1.